The number of rotatable bonds is 10. The Bertz CT molecular complexity index is 1380. The Hall–Kier alpha value is -3.34. The van der Waals surface area contributed by atoms with E-state index in [0.29, 0.717) is 20.9 Å². The van der Waals surface area contributed by atoms with E-state index in [4.69, 9.17) is 32.7 Å². The molecule has 0 unspecified atom stereocenters. The Labute approximate surface area is 294 Å². The number of ether oxygens (including phenoxy) is 2. The summed E-state index contributed by atoms with van der Waals surface area (Å²) >= 11 is 12.6. The van der Waals surface area contributed by atoms with Crippen LogP contribution in [0.2, 0.25) is 0 Å². The second-order valence-corrected chi connectivity index (χ2v) is 13.1. The van der Waals surface area contributed by atoms with Crippen LogP contribution in [0.3, 0.4) is 0 Å². The van der Waals surface area contributed by atoms with Crippen molar-refractivity contribution in [1.29, 1.82) is 0 Å². The number of carbonyl (C=O) groups is 2. The highest BCUT2D eigenvalue weighted by Gasteiger charge is 2.49. The summed E-state index contributed by atoms with van der Waals surface area (Å²) in [7, 11) is 0. The highest BCUT2D eigenvalue weighted by molar-refractivity contribution is 6.20. The lowest BCUT2D eigenvalue weighted by Gasteiger charge is -2.37. The van der Waals surface area contributed by atoms with Crippen LogP contribution >= 0.6 is 23.2 Å². The smallest absolute Gasteiger partial charge is 0.471 e. The number of nitrogens with zero attached hydrogens (tertiary/aromatic N) is 4. The zero-order valence-corrected chi connectivity index (χ0v) is 28.4. The Morgan fingerprint density at radius 1 is 0.700 bits per heavy atom. The van der Waals surface area contributed by atoms with E-state index in [2.05, 4.69) is 0 Å². The number of amides is 2. The summed E-state index contributed by atoms with van der Waals surface area (Å²) in [5, 5.41) is 26.4. The van der Waals surface area contributed by atoms with Crippen molar-refractivity contribution >= 4 is 35.0 Å². The minimum atomic E-state index is -5.17. The van der Waals surface area contributed by atoms with E-state index in [-0.39, 0.29) is 35.4 Å². The van der Waals surface area contributed by atoms with Crippen molar-refractivity contribution in [2.75, 3.05) is 13.1 Å². The molecular weight excluding hydrogens is 721 g/mol. The zero-order chi connectivity index (χ0) is 37.0. The lowest BCUT2D eigenvalue weighted by molar-refractivity contribution is -1.000. The van der Waals surface area contributed by atoms with Gasteiger partial charge >= 0.3 is 24.2 Å². The molecule has 0 saturated carbocycles. The molecule has 0 spiro atoms. The third-order valence-corrected chi connectivity index (χ3v) is 9.67. The Balaban J connectivity index is 1.41. The first-order valence-electron chi connectivity index (χ1n) is 15.8. The molecular formula is C32H36Cl2F6N4O6. The van der Waals surface area contributed by atoms with Crippen LogP contribution in [-0.4, -0.2) is 92.2 Å². The second-order valence-electron chi connectivity index (χ2n) is 12.2. The first kappa shape index (κ1) is 39.4. The Morgan fingerprint density at radius 2 is 1.02 bits per heavy atom. The Morgan fingerprint density at radius 3 is 1.30 bits per heavy atom. The van der Waals surface area contributed by atoms with E-state index in [1.807, 2.05) is 0 Å². The van der Waals surface area contributed by atoms with Gasteiger partial charge in [-0.3, -0.25) is 9.59 Å². The molecule has 2 amide bonds. The van der Waals surface area contributed by atoms with E-state index < -0.39 is 84.8 Å². The van der Waals surface area contributed by atoms with Gasteiger partial charge in [0.1, 0.15) is 0 Å². The summed E-state index contributed by atoms with van der Waals surface area (Å²) < 4.78 is 92.4. The minimum absolute atomic E-state index is 0.000189. The first-order chi connectivity index (χ1) is 23.4. The van der Waals surface area contributed by atoms with Crippen LogP contribution in [0, 0.1) is 10.4 Å². The van der Waals surface area contributed by atoms with Gasteiger partial charge in [0.15, 0.2) is 11.1 Å². The van der Waals surface area contributed by atoms with Crippen LogP contribution in [-0.2, 0) is 19.1 Å². The number of benzene rings is 2. The summed E-state index contributed by atoms with van der Waals surface area (Å²) in [5.74, 6) is -4.16. The molecule has 2 aromatic carbocycles. The topological polar surface area (TPSA) is 111 Å². The average molecular weight is 758 g/mol. The van der Waals surface area contributed by atoms with E-state index in [1.165, 1.54) is 13.8 Å². The van der Waals surface area contributed by atoms with E-state index in [1.54, 1.807) is 60.7 Å². The van der Waals surface area contributed by atoms with Gasteiger partial charge in [-0.2, -0.15) is 26.3 Å². The van der Waals surface area contributed by atoms with E-state index in [0.717, 1.165) is 0 Å². The molecule has 0 N–H and O–H groups in total. The van der Waals surface area contributed by atoms with Crippen LogP contribution in [0.5, 0.6) is 0 Å². The van der Waals surface area contributed by atoms with Gasteiger partial charge in [-0.15, -0.1) is 0 Å². The van der Waals surface area contributed by atoms with Gasteiger partial charge in [-0.25, -0.2) is 0 Å². The number of hydrogen-bond donors (Lipinski definition) is 0. The molecule has 8 atom stereocenters. The monoisotopic (exact) mass is 756 g/mol. The van der Waals surface area contributed by atoms with Crippen molar-refractivity contribution in [2.45, 2.75) is 99.4 Å². The van der Waals surface area contributed by atoms with Crippen molar-refractivity contribution in [3.63, 3.8) is 0 Å². The molecule has 2 aliphatic rings. The lowest BCUT2D eigenvalue weighted by atomic mass is 10.0. The van der Waals surface area contributed by atoms with Crippen LogP contribution < -0.4 is 0 Å². The highest BCUT2D eigenvalue weighted by atomic mass is 35.5. The molecule has 0 aromatic heterocycles. The lowest BCUT2D eigenvalue weighted by Crippen LogP contribution is -2.52. The molecule has 18 heteroatoms. The molecule has 2 fully saturated rings. The molecule has 4 rings (SSSR count). The van der Waals surface area contributed by atoms with Gasteiger partial charge < -0.3 is 29.7 Å². The van der Waals surface area contributed by atoms with Crippen LogP contribution in [0.15, 0.2) is 60.7 Å². The largest absolute Gasteiger partial charge is 0.567 e. The second kappa shape index (κ2) is 16.3. The molecule has 10 nitrogen and oxygen atoms in total. The summed E-state index contributed by atoms with van der Waals surface area (Å²) in [6.45, 7) is 1.88. The van der Waals surface area contributed by atoms with Gasteiger partial charge in [0, 0.05) is 35.7 Å². The normalized spacial score (nSPS) is 26.4. The summed E-state index contributed by atoms with van der Waals surface area (Å²) in [5.41, 5.74) is -2.03. The van der Waals surface area contributed by atoms with Gasteiger partial charge in [0.05, 0.1) is 24.3 Å². The fourth-order valence-corrected chi connectivity index (χ4v) is 6.80. The fraction of sp³-hybridized carbons (Fsp3) is 0.562. The van der Waals surface area contributed by atoms with Gasteiger partial charge in [-0.1, -0.05) is 83.9 Å². The predicted octanol–water partition coefficient (Wildman–Crippen LogP) is 6.99. The van der Waals surface area contributed by atoms with Crippen molar-refractivity contribution in [3.8, 4) is 0 Å². The predicted molar refractivity (Wildman–Crippen MR) is 168 cm³/mol. The standard InChI is InChI=1S/C32H36Cl2F6N4O6/c1-19(21-9-5-3-6-10-21)41(29(45)31(35,36)37)17-23-13-15-25(27(33)49-23)43(47)44(48)26-16-14-24(50-28(26)34)18-42(30(46)32(38,39)40)20(2)22-11-7-4-8-12-22/h3-12,19-20,23-28H,13-18H2,1-2H3/b44-43+/t19-,20-,23+,24+,25+,26+,27-,28-/m1/s1. The minimum Gasteiger partial charge on any atom is -0.567 e. The number of hydroxylamine groups is 2. The number of alkyl halides is 8. The van der Waals surface area contributed by atoms with Crippen molar-refractivity contribution < 1.29 is 55.1 Å². The molecule has 0 aliphatic carbocycles. The zero-order valence-electron chi connectivity index (χ0n) is 26.9. The third-order valence-electron chi connectivity index (χ3n) is 8.89. The SMILES string of the molecule is C[C@H](c1ccccc1)N(C[C@@H]1CC[C@H](/[N+]([O-])=[N+](\[O-])[C@H]2CC[C@@H](CN(C(=O)C(F)(F)F)[C@H](C)c3ccccc3)O[C@H]2Cl)[C@H](Cl)O1)C(=O)C(F)(F)F. The van der Waals surface area contributed by atoms with Crippen LogP contribution in [0.25, 0.3) is 0 Å². The van der Waals surface area contributed by atoms with Crippen molar-refractivity contribution in [3.05, 3.63) is 82.2 Å². The molecule has 2 aromatic rings. The first-order valence-corrected chi connectivity index (χ1v) is 16.6. The number of halogens is 8. The van der Waals surface area contributed by atoms with Crippen LogP contribution in [0.1, 0.15) is 62.7 Å². The summed E-state index contributed by atoms with van der Waals surface area (Å²) in [6.07, 6.45) is -12.6. The number of hydrogen-bond acceptors (Lipinski definition) is 6. The molecule has 2 aliphatic heterocycles. The average Bonchev–Trinajstić information content (AvgIpc) is 3.08. The number of azo groups is 1. The van der Waals surface area contributed by atoms with E-state index >= 15 is 0 Å². The molecule has 50 heavy (non-hydrogen) atoms. The van der Waals surface area contributed by atoms with Gasteiger partial charge in [0.25, 0.3) is 12.1 Å². The van der Waals surface area contributed by atoms with E-state index in [9.17, 15) is 46.3 Å². The van der Waals surface area contributed by atoms with Crippen LogP contribution in [0.4, 0.5) is 26.3 Å². The summed E-state index contributed by atoms with van der Waals surface area (Å²) in [4.78, 5) is 26.0. The summed E-state index contributed by atoms with van der Waals surface area (Å²) in [6, 6.07) is 11.6. The van der Waals surface area contributed by atoms with Crippen molar-refractivity contribution in [2.24, 2.45) is 0 Å². The fourth-order valence-electron chi connectivity index (χ4n) is 6.06. The molecule has 2 saturated heterocycles. The van der Waals surface area contributed by atoms with Crippen molar-refractivity contribution in [1.82, 2.24) is 9.80 Å². The third kappa shape index (κ3) is 9.50. The molecule has 0 bridgehead atoms. The maximum Gasteiger partial charge on any atom is 0.471 e. The van der Waals surface area contributed by atoms with Gasteiger partial charge in [0.2, 0.25) is 0 Å². The number of carbonyl (C=O) groups excluding carboxylic acids is 2. The highest BCUT2D eigenvalue weighted by Crippen LogP contribution is 2.34. The molecule has 0 radical (unpaired) electrons. The maximum absolute atomic E-state index is 13.5. The quantitative estimate of drug-likeness (QED) is 0.0850. The molecule has 276 valence electrons. The maximum atomic E-state index is 13.5. The Kier molecular flexibility index (Phi) is 12.9. The molecule has 2 heterocycles. The van der Waals surface area contributed by atoms with Gasteiger partial charge in [-0.05, 0) is 37.8 Å².